The first-order chi connectivity index (χ1) is 20.0. The zero-order chi connectivity index (χ0) is 31.5. The molecule has 0 saturated carbocycles. The number of ether oxygens (including phenoxy) is 6. The van der Waals surface area contributed by atoms with Crippen LogP contribution in [0.4, 0.5) is 14.4 Å². The maximum Gasteiger partial charge on any atom is 0.513 e. The SMILES string of the molecule is CCCCCOC(=O)OC(C)CN[C@@H](Cc1ccc(OC(=O)OCC(C)CC)c(OC(=O)OCC(C)CC)c1)C(=O)O. The Kier molecular flexibility index (Phi) is 17.7. The smallest absolute Gasteiger partial charge is 0.480 e. The third kappa shape index (κ3) is 15.5. The molecule has 0 bridgehead atoms. The van der Waals surface area contributed by atoms with E-state index in [1.54, 1.807) is 13.0 Å². The number of carbonyl (C=O) groups excluding carboxylic acids is 3. The number of benzene rings is 1. The summed E-state index contributed by atoms with van der Waals surface area (Å²) in [5.41, 5.74) is 0.462. The summed E-state index contributed by atoms with van der Waals surface area (Å²) in [6, 6.07) is 3.25. The third-order valence-corrected chi connectivity index (χ3v) is 6.41. The van der Waals surface area contributed by atoms with Gasteiger partial charge in [-0.2, -0.15) is 0 Å². The quantitative estimate of drug-likeness (QED) is 0.0815. The molecule has 2 N–H and O–H groups in total. The van der Waals surface area contributed by atoms with Gasteiger partial charge in [-0.3, -0.25) is 4.79 Å². The molecule has 0 radical (unpaired) electrons. The normalized spacial score (nSPS) is 13.7. The van der Waals surface area contributed by atoms with Crippen LogP contribution >= 0.6 is 0 Å². The maximum atomic E-state index is 12.4. The van der Waals surface area contributed by atoms with Crippen molar-refractivity contribution >= 4 is 24.4 Å². The van der Waals surface area contributed by atoms with Gasteiger partial charge in [0.25, 0.3) is 0 Å². The summed E-state index contributed by atoms with van der Waals surface area (Å²) >= 11 is 0. The summed E-state index contributed by atoms with van der Waals surface area (Å²) in [7, 11) is 0. The van der Waals surface area contributed by atoms with Crippen molar-refractivity contribution in [1.82, 2.24) is 5.32 Å². The van der Waals surface area contributed by atoms with Gasteiger partial charge >= 0.3 is 24.4 Å². The zero-order valence-corrected chi connectivity index (χ0v) is 25.6. The molecular formula is C30H47NO11. The summed E-state index contributed by atoms with van der Waals surface area (Å²) in [4.78, 5) is 48.4. The Hall–Kier alpha value is -3.54. The van der Waals surface area contributed by atoms with Gasteiger partial charge in [0.15, 0.2) is 11.5 Å². The number of unbranched alkanes of at least 4 members (excludes halogenated alkanes) is 2. The van der Waals surface area contributed by atoms with E-state index in [2.05, 4.69) is 5.32 Å². The van der Waals surface area contributed by atoms with Crippen LogP contribution in [0.1, 0.15) is 79.2 Å². The molecule has 1 aromatic rings. The molecule has 0 aliphatic rings. The van der Waals surface area contributed by atoms with Crippen molar-refractivity contribution in [3.05, 3.63) is 23.8 Å². The monoisotopic (exact) mass is 597 g/mol. The molecule has 0 spiro atoms. The molecule has 0 aliphatic carbocycles. The molecule has 238 valence electrons. The van der Waals surface area contributed by atoms with Crippen molar-refractivity contribution in [2.45, 2.75) is 92.2 Å². The van der Waals surface area contributed by atoms with Crippen LogP contribution < -0.4 is 14.8 Å². The van der Waals surface area contributed by atoms with E-state index in [9.17, 15) is 24.3 Å². The minimum absolute atomic E-state index is 0.0272. The lowest BCUT2D eigenvalue weighted by atomic mass is 10.0. The second kappa shape index (κ2) is 20.4. The molecule has 3 unspecified atom stereocenters. The molecule has 1 aromatic carbocycles. The highest BCUT2D eigenvalue weighted by Gasteiger charge is 2.23. The molecular weight excluding hydrogens is 550 g/mol. The lowest BCUT2D eigenvalue weighted by molar-refractivity contribution is -0.139. The Bertz CT molecular complexity index is 984. The van der Waals surface area contributed by atoms with Crippen LogP contribution in [0.15, 0.2) is 18.2 Å². The lowest BCUT2D eigenvalue weighted by Crippen LogP contribution is -2.42. The summed E-state index contributed by atoms with van der Waals surface area (Å²) in [5.74, 6) is -1.11. The predicted octanol–water partition coefficient (Wildman–Crippen LogP) is 6.13. The first kappa shape index (κ1) is 36.5. The molecule has 0 aromatic heterocycles. The van der Waals surface area contributed by atoms with E-state index in [4.69, 9.17) is 28.4 Å². The largest absolute Gasteiger partial charge is 0.513 e. The van der Waals surface area contributed by atoms with Crippen LogP contribution in [0.5, 0.6) is 11.5 Å². The van der Waals surface area contributed by atoms with Crippen LogP contribution in [0.2, 0.25) is 0 Å². The van der Waals surface area contributed by atoms with Crippen LogP contribution in [-0.2, 0) is 30.2 Å². The molecule has 42 heavy (non-hydrogen) atoms. The molecule has 4 atom stereocenters. The fourth-order valence-electron chi connectivity index (χ4n) is 3.28. The number of carbonyl (C=O) groups is 4. The van der Waals surface area contributed by atoms with Crippen LogP contribution in [0, 0.1) is 11.8 Å². The van der Waals surface area contributed by atoms with Crippen LogP contribution in [0.3, 0.4) is 0 Å². The summed E-state index contributed by atoms with van der Waals surface area (Å²) in [6.07, 6.45) is 0.823. The molecule has 0 heterocycles. The Balaban J connectivity index is 2.92. The molecule has 0 fully saturated rings. The molecule has 12 heteroatoms. The summed E-state index contributed by atoms with van der Waals surface area (Å²) in [6.45, 7) is 12.0. The average Bonchev–Trinajstić information content (AvgIpc) is 2.95. The highest BCUT2D eigenvalue weighted by molar-refractivity contribution is 5.74. The Morgan fingerprint density at radius 2 is 1.40 bits per heavy atom. The molecule has 0 aliphatic heterocycles. The Morgan fingerprint density at radius 1 is 0.810 bits per heavy atom. The predicted molar refractivity (Wildman–Crippen MR) is 154 cm³/mol. The summed E-state index contributed by atoms with van der Waals surface area (Å²) in [5, 5.41) is 12.6. The number of aliphatic carboxylic acids is 1. The number of carboxylic acid groups (broad SMARTS) is 1. The molecule has 12 nitrogen and oxygen atoms in total. The topological polar surface area (TPSA) is 156 Å². The van der Waals surface area contributed by atoms with Crippen molar-refractivity contribution in [3.63, 3.8) is 0 Å². The first-order valence-electron chi connectivity index (χ1n) is 14.6. The lowest BCUT2D eigenvalue weighted by Gasteiger charge is -2.19. The van der Waals surface area contributed by atoms with E-state index < -0.39 is 36.6 Å². The van der Waals surface area contributed by atoms with Crippen molar-refractivity contribution in [3.8, 4) is 11.5 Å². The van der Waals surface area contributed by atoms with E-state index in [1.807, 2.05) is 34.6 Å². The average molecular weight is 598 g/mol. The molecule has 1 rings (SSSR count). The molecule has 0 saturated heterocycles. The number of carboxylic acids is 1. The van der Waals surface area contributed by atoms with E-state index in [0.717, 1.165) is 32.1 Å². The fraction of sp³-hybridized carbons (Fsp3) is 0.667. The van der Waals surface area contributed by atoms with E-state index >= 15 is 0 Å². The number of rotatable bonds is 19. The Labute approximate surface area is 248 Å². The van der Waals surface area contributed by atoms with Gasteiger partial charge in [-0.25, -0.2) is 14.4 Å². The Morgan fingerprint density at radius 3 is 1.95 bits per heavy atom. The van der Waals surface area contributed by atoms with Gasteiger partial charge < -0.3 is 38.8 Å². The highest BCUT2D eigenvalue weighted by atomic mass is 16.7. The fourth-order valence-corrected chi connectivity index (χ4v) is 3.28. The zero-order valence-electron chi connectivity index (χ0n) is 25.6. The van der Waals surface area contributed by atoms with Gasteiger partial charge in [-0.05, 0) is 49.3 Å². The van der Waals surface area contributed by atoms with Gasteiger partial charge in [0, 0.05) is 6.54 Å². The second-order valence-electron chi connectivity index (χ2n) is 10.4. The number of hydrogen-bond donors (Lipinski definition) is 2. The van der Waals surface area contributed by atoms with Crippen LogP contribution in [-0.4, -0.2) is 68.1 Å². The van der Waals surface area contributed by atoms with Gasteiger partial charge in [-0.15, -0.1) is 0 Å². The van der Waals surface area contributed by atoms with E-state index in [-0.39, 0.29) is 56.1 Å². The number of nitrogens with one attached hydrogen (secondary N) is 1. The highest BCUT2D eigenvalue weighted by Crippen LogP contribution is 2.30. The summed E-state index contributed by atoms with van der Waals surface area (Å²) < 4.78 is 31.1. The van der Waals surface area contributed by atoms with E-state index in [1.165, 1.54) is 12.1 Å². The van der Waals surface area contributed by atoms with Crippen molar-refractivity contribution in [2.24, 2.45) is 11.8 Å². The van der Waals surface area contributed by atoms with E-state index in [0.29, 0.717) is 5.56 Å². The van der Waals surface area contributed by atoms with Gasteiger partial charge in [-0.1, -0.05) is 66.4 Å². The maximum absolute atomic E-state index is 12.4. The van der Waals surface area contributed by atoms with Crippen molar-refractivity contribution in [1.29, 1.82) is 0 Å². The third-order valence-electron chi connectivity index (χ3n) is 6.41. The second-order valence-corrected chi connectivity index (χ2v) is 10.4. The van der Waals surface area contributed by atoms with Gasteiger partial charge in [0.1, 0.15) is 12.1 Å². The van der Waals surface area contributed by atoms with Crippen molar-refractivity contribution < 1.29 is 52.7 Å². The molecule has 0 amide bonds. The minimum atomic E-state index is -1.14. The minimum Gasteiger partial charge on any atom is -0.480 e. The van der Waals surface area contributed by atoms with Gasteiger partial charge in [0.05, 0.1) is 19.8 Å². The van der Waals surface area contributed by atoms with Gasteiger partial charge in [0.2, 0.25) is 0 Å². The number of hydrogen-bond acceptors (Lipinski definition) is 11. The standard InChI is InChI=1S/C30H47NO11/c1-7-10-11-14-37-28(34)40-22(6)17-31-24(27(32)33)15-23-12-13-25(41-29(35)38-18-20(4)8-2)26(16-23)42-30(36)39-19-21(5)9-3/h12-13,16,20-22,24,31H,7-11,14-15,17-19H2,1-6H3,(H,32,33)/t20?,21?,22?,24-/m0/s1. The van der Waals surface area contributed by atoms with Crippen molar-refractivity contribution in [2.75, 3.05) is 26.4 Å². The van der Waals surface area contributed by atoms with Crippen LogP contribution in [0.25, 0.3) is 0 Å². The first-order valence-corrected chi connectivity index (χ1v) is 14.6.